The summed E-state index contributed by atoms with van der Waals surface area (Å²) in [5.41, 5.74) is 1.43. The summed E-state index contributed by atoms with van der Waals surface area (Å²) in [4.78, 5) is 5.00. The normalized spacial score (nSPS) is 17.7. The number of likely N-dealkylation sites (tertiary alicyclic amines) is 1. The highest BCUT2D eigenvalue weighted by Gasteiger charge is 2.17. The zero-order valence-corrected chi connectivity index (χ0v) is 15.0. The summed E-state index contributed by atoms with van der Waals surface area (Å²) in [7, 11) is 2.22. The lowest BCUT2D eigenvalue weighted by Crippen LogP contribution is -2.42. The van der Waals surface area contributed by atoms with E-state index in [4.69, 9.17) is 0 Å². The predicted molar refractivity (Wildman–Crippen MR) is 93.9 cm³/mol. The van der Waals surface area contributed by atoms with Crippen LogP contribution >= 0.6 is 0 Å². The van der Waals surface area contributed by atoms with E-state index in [-0.39, 0.29) is 0 Å². The molecule has 0 aromatic carbocycles. The van der Waals surface area contributed by atoms with Gasteiger partial charge in [0.2, 0.25) is 0 Å². The van der Waals surface area contributed by atoms with Crippen molar-refractivity contribution in [1.82, 2.24) is 15.1 Å². The van der Waals surface area contributed by atoms with Crippen LogP contribution in [0.15, 0.2) is 11.6 Å². The van der Waals surface area contributed by atoms with Crippen LogP contribution in [0.2, 0.25) is 0 Å². The van der Waals surface area contributed by atoms with Crippen molar-refractivity contribution in [2.24, 2.45) is 0 Å². The molecule has 3 nitrogen and oxygen atoms in total. The fraction of sp³-hybridized carbons (Fsp3) is 0.889. The monoisotopic (exact) mass is 295 g/mol. The Hall–Kier alpha value is -0.380. The van der Waals surface area contributed by atoms with Gasteiger partial charge in [-0.15, -0.1) is 0 Å². The average molecular weight is 296 g/mol. The Balaban J connectivity index is 2.02. The van der Waals surface area contributed by atoms with Gasteiger partial charge in [-0.1, -0.05) is 11.6 Å². The molecule has 0 amide bonds. The summed E-state index contributed by atoms with van der Waals surface area (Å²) in [6.45, 7) is 14.9. The van der Waals surface area contributed by atoms with E-state index in [0.29, 0.717) is 6.04 Å². The van der Waals surface area contributed by atoms with Crippen molar-refractivity contribution < 1.29 is 0 Å². The van der Waals surface area contributed by atoms with Crippen molar-refractivity contribution in [2.75, 3.05) is 39.8 Å². The number of piperidine rings is 1. The Bertz CT molecular complexity index is 287. The van der Waals surface area contributed by atoms with E-state index in [9.17, 15) is 0 Å². The van der Waals surface area contributed by atoms with Crippen LogP contribution in [0.3, 0.4) is 0 Å². The summed E-state index contributed by atoms with van der Waals surface area (Å²) >= 11 is 0. The molecule has 1 rings (SSSR count). The molecule has 0 aromatic rings. The molecule has 0 saturated carbocycles. The van der Waals surface area contributed by atoms with Crippen LogP contribution in [0.25, 0.3) is 0 Å². The second kappa shape index (κ2) is 10.4. The van der Waals surface area contributed by atoms with Crippen LogP contribution in [-0.4, -0.2) is 61.7 Å². The van der Waals surface area contributed by atoms with Crippen molar-refractivity contribution in [2.45, 2.75) is 65.5 Å². The van der Waals surface area contributed by atoms with Gasteiger partial charge in [0, 0.05) is 18.6 Å². The van der Waals surface area contributed by atoms with Crippen molar-refractivity contribution in [1.29, 1.82) is 0 Å². The lowest BCUT2D eigenvalue weighted by atomic mass is 10.0. The minimum Gasteiger partial charge on any atom is -0.314 e. The van der Waals surface area contributed by atoms with E-state index in [1.165, 1.54) is 57.4 Å². The second-order valence-corrected chi connectivity index (χ2v) is 7.09. The maximum atomic E-state index is 3.75. The molecular formula is C18H37N3. The third kappa shape index (κ3) is 8.60. The smallest absolute Gasteiger partial charge is 0.0165 e. The zero-order valence-electron chi connectivity index (χ0n) is 15.0. The minimum atomic E-state index is 0.670. The van der Waals surface area contributed by atoms with Gasteiger partial charge in [0.1, 0.15) is 0 Å². The van der Waals surface area contributed by atoms with E-state index in [2.05, 4.69) is 55.9 Å². The molecular weight excluding hydrogens is 258 g/mol. The number of hydrogen-bond donors (Lipinski definition) is 1. The molecule has 1 heterocycles. The standard InChI is InChI=1S/C18H37N3/c1-16(2)8-13-21-14-9-18(10-15-21)19-11-6-7-12-20(5)17(3)4/h8,17-19H,6-7,9-15H2,1-5H3. The largest absolute Gasteiger partial charge is 0.314 e. The van der Waals surface area contributed by atoms with E-state index in [1.54, 1.807) is 0 Å². The first kappa shape index (κ1) is 18.7. The van der Waals surface area contributed by atoms with Gasteiger partial charge < -0.3 is 10.2 Å². The first-order chi connectivity index (χ1) is 9.99. The average Bonchev–Trinajstić information content (AvgIpc) is 2.45. The Labute approximate surface area is 132 Å². The molecule has 1 saturated heterocycles. The van der Waals surface area contributed by atoms with Gasteiger partial charge in [0.05, 0.1) is 0 Å². The van der Waals surface area contributed by atoms with Gasteiger partial charge in [-0.3, -0.25) is 4.90 Å². The molecule has 0 bridgehead atoms. The number of hydrogen-bond acceptors (Lipinski definition) is 3. The molecule has 0 atom stereocenters. The number of allylic oxidation sites excluding steroid dienone is 1. The topological polar surface area (TPSA) is 18.5 Å². The molecule has 124 valence electrons. The maximum absolute atomic E-state index is 3.75. The summed E-state index contributed by atoms with van der Waals surface area (Å²) in [6, 6.07) is 1.42. The van der Waals surface area contributed by atoms with E-state index in [1.807, 2.05) is 0 Å². The first-order valence-electron chi connectivity index (χ1n) is 8.78. The third-order valence-electron chi connectivity index (χ3n) is 4.60. The first-order valence-corrected chi connectivity index (χ1v) is 8.78. The van der Waals surface area contributed by atoms with Crippen LogP contribution in [0, 0.1) is 0 Å². The van der Waals surface area contributed by atoms with Crippen LogP contribution in [0.1, 0.15) is 53.4 Å². The summed E-state index contributed by atoms with van der Waals surface area (Å²) in [5, 5.41) is 3.75. The van der Waals surface area contributed by atoms with Crippen molar-refractivity contribution in [3.63, 3.8) is 0 Å². The van der Waals surface area contributed by atoms with E-state index >= 15 is 0 Å². The highest BCUT2D eigenvalue weighted by molar-refractivity contribution is 4.95. The SMILES string of the molecule is CC(C)=CCN1CCC(NCCCCN(C)C(C)C)CC1. The molecule has 1 N–H and O–H groups in total. The summed E-state index contributed by atoms with van der Waals surface area (Å²) < 4.78 is 0. The molecule has 0 aromatic heterocycles. The van der Waals surface area contributed by atoms with Gasteiger partial charge >= 0.3 is 0 Å². The molecule has 1 aliphatic rings. The van der Waals surface area contributed by atoms with Crippen LogP contribution in [0.4, 0.5) is 0 Å². The van der Waals surface area contributed by atoms with Gasteiger partial charge in [-0.05, 0) is 86.6 Å². The van der Waals surface area contributed by atoms with Crippen molar-refractivity contribution in [3.05, 3.63) is 11.6 Å². The van der Waals surface area contributed by atoms with Crippen molar-refractivity contribution in [3.8, 4) is 0 Å². The van der Waals surface area contributed by atoms with Crippen LogP contribution in [-0.2, 0) is 0 Å². The lowest BCUT2D eigenvalue weighted by molar-refractivity contribution is 0.213. The van der Waals surface area contributed by atoms with Gasteiger partial charge in [0.15, 0.2) is 0 Å². The van der Waals surface area contributed by atoms with Gasteiger partial charge in [-0.25, -0.2) is 0 Å². The molecule has 21 heavy (non-hydrogen) atoms. The Morgan fingerprint density at radius 1 is 1.24 bits per heavy atom. The molecule has 0 unspecified atom stereocenters. The summed E-state index contributed by atoms with van der Waals surface area (Å²) in [5.74, 6) is 0. The predicted octanol–water partition coefficient (Wildman–Crippen LogP) is 3.13. The molecule has 1 aliphatic heterocycles. The minimum absolute atomic E-state index is 0.670. The third-order valence-corrected chi connectivity index (χ3v) is 4.60. The maximum Gasteiger partial charge on any atom is 0.0165 e. The van der Waals surface area contributed by atoms with Gasteiger partial charge in [0.25, 0.3) is 0 Å². The highest BCUT2D eigenvalue weighted by atomic mass is 15.1. The molecule has 0 radical (unpaired) electrons. The molecule has 0 spiro atoms. The highest BCUT2D eigenvalue weighted by Crippen LogP contribution is 2.10. The molecule has 3 heteroatoms. The Kier molecular flexibility index (Phi) is 9.21. The van der Waals surface area contributed by atoms with Crippen LogP contribution in [0.5, 0.6) is 0 Å². The number of nitrogens with zero attached hydrogens (tertiary/aromatic N) is 2. The fourth-order valence-electron chi connectivity index (χ4n) is 2.68. The van der Waals surface area contributed by atoms with Crippen LogP contribution < -0.4 is 5.32 Å². The van der Waals surface area contributed by atoms with Crippen molar-refractivity contribution >= 4 is 0 Å². The number of rotatable bonds is 9. The summed E-state index contributed by atoms with van der Waals surface area (Å²) in [6.07, 6.45) is 7.57. The molecule has 1 fully saturated rings. The van der Waals surface area contributed by atoms with Gasteiger partial charge in [-0.2, -0.15) is 0 Å². The fourth-order valence-corrected chi connectivity index (χ4v) is 2.68. The number of nitrogens with one attached hydrogen (secondary N) is 1. The molecule has 0 aliphatic carbocycles. The zero-order chi connectivity index (χ0) is 15.7. The number of unbranched alkanes of at least 4 members (excludes halogenated alkanes) is 1. The quantitative estimate of drug-likeness (QED) is 0.521. The lowest BCUT2D eigenvalue weighted by Gasteiger charge is -2.32. The van der Waals surface area contributed by atoms with E-state index in [0.717, 1.165) is 12.6 Å². The Morgan fingerprint density at radius 2 is 1.90 bits per heavy atom. The van der Waals surface area contributed by atoms with E-state index < -0.39 is 0 Å². The Morgan fingerprint density at radius 3 is 2.48 bits per heavy atom. The second-order valence-electron chi connectivity index (χ2n) is 7.09.